The quantitative estimate of drug-likeness (QED) is 0.367. The number of halogens is 4. The monoisotopic (exact) mass is 538 g/mol. The molecule has 4 rings (SSSR count). The first-order chi connectivity index (χ1) is 15.7. The maximum atomic E-state index is 13.8. The number of nitrogens with zero attached hydrogens (tertiary/aromatic N) is 2. The highest BCUT2D eigenvalue weighted by atomic mass is 79.9. The maximum Gasteiger partial charge on any atom is 0.419 e. The number of H-pyrrole nitrogens is 1. The second-order valence-electron chi connectivity index (χ2n) is 7.35. The Balaban J connectivity index is 1.76. The molecule has 1 aliphatic heterocycles. The Bertz CT molecular complexity index is 1230. The Hall–Kier alpha value is -2.77. The van der Waals surface area contributed by atoms with E-state index in [9.17, 15) is 18.0 Å². The van der Waals surface area contributed by atoms with Crippen LogP contribution in [-0.2, 0) is 10.9 Å². The van der Waals surface area contributed by atoms with Gasteiger partial charge in [0, 0.05) is 35.8 Å². The van der Waals surface area contributed by atoms with Crippen molar-refractivity contribution >= 4 is 59.7 Å². The molecule has 1 aromatic carbocycles. The number of ether oxygens (including phenoxy) is 1. The molecule has 1 atom stereocenters. The van der Waals surface area contributed by atoms with Crippen LogP contribution in [0.25, 0.3) is 22.2 Å². The zero-order valence-electron chi connectivity index (χ0n) is 17.2. The van der Waals surface area contributed by atoms with Crippen molar-refractivity contribution in [2.45, 2.75) is 12.6 Å². The van der Waals surface area contributed by atoms with E-state index in [0.717, 1.165) is 25.7 Å². The fourth-order valence-corrected chi connectivity index (χ4v) is 4.51. The second kappa shape index (κ2) is 9.23. The zero-order valence-corrected chi connectivity index (χ0v) is 19.8. The summed E-state index contributed by atoms with van der Waals surface area (Å²) >= 11 is 3.38. The van der Waals surface area contributed by atoms with Gasteiger partial charge in [0.2, 0.25) is 5.95 Å². The van der Waals surface area contributed by atoms with Crippen molar-refractivity contribution in [3.05, 3.63) is 34.6 Å². The lowest BCUT2D eigenvalue weighted by Gasteiger charge is -2.16. The molecule has 8 nitrogen and oxygen atoms in total. The number of aromatic amines is 1. The molecular formula is C20H18BrF3N6O2Si. The Kier molecular flexibility index (Phi) is 6.54. The molecule has 1 amide bonds. The number of hydrogen-bond donors (Lipinski definition) is 4. The number of carbonyl (C=O) groups excluding carboxylic acids is 1. The van der Waals surface area contributed by atoms with E-state index in [1.54, 1.807) is 12.1 Å². The molecule has 1 aliphatic rings. The van der Waals surface area contributed by atoms with Gasteiger partial charge in [0.15, 0.2) is 0 Å². The minimum absolute atomic E-state index is 0.0484. The minimum Gasteiger partial charge on any atom is -0.453 e. The van der Waals surface area contributed by atoms with E-state index in [0.29, 0.717) is 26.4 Å². The minimum atomic E-state index is -4.66. The van der Waals surface area contributed by atoms with Crippen molar-refractivity contribution in [1.29, 1.82) is 0 Å². The molecule has 0 unspecified atom stereocenters. The highest BCUT2D eigenvalue weighted by Gasteiger charge is 2.36. The number of amides is 1. The third-order valence-electron chi connectivity index (χ3n) is 5.28. The fourth-order valence-electron chi connectivity index (χ4n) is 3.60. The molecule has 2 radical (unpaired) electrons. The lowest BCUT2D eigenvalue weighted by atomic mass is 10.1. The van der Waals surface area contributed by atoms with E-state index >= 15 is 0 Å². The molecule has 3 heterocycles. The van der Waals surface area contributed by atoms with E-state index in [1.165, 1.54) is 13.3 Å². The van der Waals surface area contributed by atoms with Gasteiger partial charge in [-0.2, -0.15) is 13.2 Å². The van der Waals surface area contributed by atoms with E-state index in [2.05, 4.69) is 61.4 Å². The SMILES string of the molecule is COC(=O)Nc1ccc2c(-c3nc(NC(=[Si])[C@H]4CCNC4)ncc3C(F)(F)F)c[nH]c2c1Br. The molecule has 13 heteroatoms. The molecule has 0 saturated carbocycles. The summed E-state index contributed by atoms with van der Waals surface area (Å²) in [5, 5.41) is 9.92. The Morgan fingerprint density at radius 2 is 2.12 bits per heavy atom. The molecule has 4 N–H and O–H groups in total. The van der Waals surface area contributed by atoms with E-state index < -0.39 is 17.8 Å². The number of carbonyl (C=O) groups is 1. The van der Waals surface area contributed by atoms with Gasteiger partial charge in [-0.15, -0.1) is 0 Å². The molecule has 0 aliphatic carbocycles. The Morgan fingerprint density at radius 3 is 2.79 bits per heavy atom. The number of hydrogen-bond acceptors (Lipinski definition) is 6. The normalized spacial score (nSPS) is 16.1. The van der Waals surface area contributed by atoms with Crippen LogP contribution >= 0.6 is 15.9 Å². The lowest BCUT2D eigenvalue weighted by molar-refractivity contribution is -0.137. The van der Waals surface area contributed by atoms with E-state index in [1.807, 2.05) is 0 Å². The van der Waals surface area contributed by atoms with Crippen LogP contribution in [0.3, 0.4) is 0 Å². The first-order valence-electron chi connectivity index (χ1n) is 9.84. The Morgan fingerprint density at radius 1 is 1.33 bits per heavy atom. The average molecular weight is 539 g/mol. The number of rotatable bonds is 5. The van der Waals surface area contributed by atoms with Gasteiger partial charge in [0.25, 0.3) is 0 Å². The largest absolute Gasteiger partial charge is 0.453 e. The highest BCUT2D eigenvalue weighted by Crippen LogP contribution is 2.41. The van der Waals surface area contributed by atoms with Gasteiger partial charge in [0.1, 0.15) is 5.56 Å². The molecule has 3 aromatic rings. The number of nitrogens with one attached hydrogen (secondary N) is 4. The van der Waals surface area contributed by atoms with E-state index in [4.69, 9.17) is 0 Å². The predicted molar refractivity (Wildman–Crippen MR) is 123 cm³/mol. The lowest BCUT2D eigenvalue weighted by Crippen LogP contribution is -2.26. The summed E-state index contributed by atoms with van der Waals surface area (Å²) in [6.07, 6.45) is -2.23. The number of alkyl halides is 3. The highest BCUT2D eigenvalue weighted by molar-refractivity contribution is 9.10. The van der Waals surface area contributed by atoms with Crippen molar-refractivity contribution in [2.24, 2.45) is 5.92 Å². The van der Waals surface area contributed by atoms with Gasteiger partial charge in [0.05, 0.1) is 38.3 Å². The number of aromatic nitrogens is 3. The van der Waals surface area contributed by atoms with Crippen molar-refractivity contribution in [3.8, 4) is 11.3 Å². The summed E-state index contributed by atoms with van der Waals surface area (Å²) in [6.45, 7) is 1.61. The van der Waals surface area contributed by atoms with Crippen LogP contribution in [0.4, 0.5) is 29.6 Å². The predicted octanol–water partition coefficient (Wildman–Crippen LogP) is 3.90. The zero-order chi connectivity index (χ0) is 23.8. The number of methoxy groups -OCH3 is 1. The number of benzene rings is 1. The topological polar surface area (TPSA) is 104 Å². The maximum absolute atomic E-state index is 13.8. The second-order valence-corrected chi connectivity index (χ2v) is 8.68. The van der Waals surface area contributed by atoms with Gasteiger partial charge in [-0.1, -0.05) is 6.07 Å². The fraction of sp³-hybridized carbons (Fsp3) is 0.300. The van der Waals surface area contributed by atoms with Crippen molar-refractivity contribution in [3.63, 3.8) is 0 Å². The molecule has 0 bridgehead atoms. The number of anilines is 2. The third kappa shape index (κ3) is 4.79. The first kappa shape index (κ1) is 23.4. The van der Waals surface area contributed by atoms with Gasteiger partial charge in [-0.3, -0.25) is 5.32 Å². The summed E-state index contributed by atoms with van der Waals surface area (Å²) < 4.78 is 46.5. The molecule has 172 valence electrons. The smallest absolute Gasteiger partial charge is 0.419 e. The summed E-state index contributed by atoms with van der Waals surface area (Å²) in [5.41, 5.74) is -0.0984. The van der Waals surface area contributed by atoms with E-state index in [-0.39, 0.29) is 23.1 Å². The molecule has 1 saturated heterocycles. The number of fused-ring (bicyclic) bond motifs is 1. The summed E-state index contributed by atoms with van der Waals surface area (Å²) in [4.78, 5) is 22.6. The van der Waals surface area contributed by atoms with Crippen molar-refractivity contribution in [2.75, 3.05) is 30.8 Å². The van der Waals surface area contributed by atoms with Crippen LogP contribution < -0.4 is 16.0 Å². The molecule has 2 aromatic heterocycles. The molecule has 0 spiro atoms. The van der Waals surface area contributed by atoms with Crippen LogP contribution in [0.1, 0.15) is 12.0 Å². The summed E-state index contributed by atoms with van der Waals surface area (Å²) in [6, 6.07) is 3.16. The molecule has 1 fully saturated rings. The van der Waals surface area contributed by atoms with Gasteiger partial charge < -0.3 is 20.4 Å². The van der Waals surface area contributed by atoms with Crippen LogP contribution in [0.15, 0.2) is 29.0 Å². The third-order valence-corrected chi connectivity index (χ3v) is 6.64. The summed E-state index contributed by atoms with van der Waals surface area (Å²) in [7, 11) is 4.75. The Labute approximate surface area is 197 Å². The molecule has 33 heavy (non-hydrogen) atoms. The van der Waals surface area contributed by atoms with Crippen molar-refractivity contribution < 1.29 is 22.7 Å². The van der Waals surface area contributed by atoms with Crippen LogP contribution in [0.2, 0.25) is 0 Å². The van der Waals surface area contributed by atoms with Gasteiger partial charge >= 0.3 is 12.3 Å². The van der Waals surface area contributed by atoms with Crippen LogP contribution in [0, 0.1) is 5.92 Å². The van der Waals surface area contributed by atoms with Crippen LogP contribution in [-0.4, -0.2) is 56.4 Å². The average Bonchev–Trinajstić information content (AvgIpc) is 3.45. The standard InChI is InChI=1S/C20H18BrF3N6O2Si/c1-32-19(31)28-13-3-2-10-11(7-26-16(10)14(13)21)15-12(20(22,23)24)8-27-18(29-15)30-17(33)9-4-5-25-6-9/h2-3,7-9,25-26H,4-6H2,1H3,(H,28,31)(H,27,29,30)/t9-/m0/s1. The first-order valence-corrected chi connectivity index (χ1v) is 11.1. The van der Waals surface area contributed by atoms with Crippen LogP contribution in [0.5, 0.6) is 0 Å². The van der Waals surface area contributed by atoms with Crippen molar-refractivity contribution in [1.82, 2.24) is 20.3 Å². The molecular weight excluding hydrogens is 521 g/mol. The summed E-state index contributed by atoms with van der Waals surface area (Å²) in [5.74, 6) is 0.216. The van der Waals surface area contributed by atoms with Gasteiger partial charge in [-0.05, 0) is 40.3 Å². The van der Waals surface area contributed by atoms with Gasteiger partial charge in [-0.25, -0.2) is 14.8 Å².